The fourth-order valence-electron chi connectivity index (χ4n) is 1.84. The zero-order valence-electron chi connectivity index (χ0n) is 10.5. The van der Waals surface area contributed by atoms with Crippen LogP contribution >= 0.6 is 0 Å². The van der Waals surface area contributed by atoms with Gasteiger partial charge in [0.05, 0.1) is 0 Å². The van der Waals surface area contributed by atoms with Crippen LogP contribution in [0, 0.1) is 6.92 Å². The highest BCUT2D eigenvalue weighted by Gasteiger charge is 2.28. The molecule has 1 saturated carbocycles. The first-order valence-electron chi connectivity index (χ1n) is 6.17. The number of H-pyrrole nitrogens is 1. The number of nitrogens with zero attached hydrogens (tertiary/aromatic N) is 2. The van der Waals surface area contributed by atoms with Gasteiger partial charge in [0.15, 0.2) is 0 Å². The molecule has 6 heteroatoms. The first kappa shape index (κ1) is 11.7. The Balaban J connectivity index is 1.74. The van der Waals surface area contributed by atoms with Gasteiger partial charge in [-0.15, -0.1) is 5.10 Å². The van der Waals surface area contributed by atoms with Gasteiger partial charge in [-0.1, -0.05) is 0 Å². The smallest absolute Gasteiger partial charge is 0.295 e. The molecule has 1 fully saturated rings. The summed E-state index contributed by atoms with van der Waals surface area (Å²) >= 11 is 0. The van der Waals surface area contributed by atoms with Gasteiger partial charge in [0, 0.05) is 11.6 Å². The second-order valence-electron chi connectivity index (χ2n) is 4.77. The minimum Gasteiger partial charge on any atom is -0.508 e. The average molecular weight is 258 g/mol. The van der Waals surface area contributed by atoms with E-state index < -0.39 is 0 Å². The maximum Gasteiger partial charge on any atom is 0.295 e. The standard InChI is InChI=1S/C13H14N4O2/c1-7-6-9(4-5-10(7)18)14-13(19)12-15-11(16-17-12)8-2-3-8/h4-6,8,18H,2-3H2,1H3,(H,14,19)(H,15,16,17). The molecule has 0 atom stereocenters. The number of carbonyl (C=O) groups is 1. The number of hydrogen-bond acceptors (Lipinski definition) is 4. The second kappa shape index (κ2) is 4.38. The van der Waals surface area contributed by atoms with E-state index in [0.29, 0.717) is 17.2 Å². The van der Waals surface area contributed by atoms with Crippen molar-refractivity contribution < 1.29 is 9.90 Å². The van der Waals surface area contributed by atoms with Gasteiger partial charge in [0.25, 0.3) is 5.91 Å². The summed E-state index contributed by atoms with van der Waals surface area (Å²) in [5, 5.41) is 18.8. The number of phenolic OH excluding ortho intramolecular Hbond substituents is 1. The summed E-state index contributed by atoms with van der Waals surface area (Å²) < 4.78 is 0. The predicted octanol–water partition coefficient (Wildman–Crippen LogP) is 1.95. The Morgan fingerprint density at radius 2 is 2.26 bits per heavy atom. The van der Waals surface area contributed by atoms with Crippen LogP contribution in [0.1, 0.15) is 40.8 Å². The van der Waals surface area contributed by atoms with E-state index in [1.165, 1.54) is 0 Å². The molecule has 1 aromatic heterocycles. The number of aromatic hydroxyl groups is 1. The van der Waals surface area contributed by atoms with Crippen LogP contribution in [0.5, 0.6) is 5.75 Å². The van der Waals surface area contributed by atoms with E-state index in [1.54, 1.807) is 25.1 Å². The van der Waals surface area contributed by atoms with Crippen LogP contribution in [0.15, 0.2) is 18.2 Å². The molecule has 19 heavy (non-hydrogen) atoms. The van der Waals surface area contributed by atoms with E-state index in [4.69, 9.17) is 0 Å². The molecule has 0 radical (unpaired) electrons. The monoisotopic (exact) mass is 258 g/mol. The summed E-state index contributed by atoms with van der Waals surface area (Å²) in [5.74, 6) is 1.21. The van der Waals surface area contributed by atoms with Crippen LogP contribution in [-0.2, 0) is 0 Å². The van der Waals surface area contributed by atoms with Crippen molar-refractivity contribution >= 4 is 11.6 Å². The third-order valence-corrected chi connectivity index (χ3v) is 3.12. The highest BCUT2D eigenvalue weighted by molar-refractivity contribution is 6.01. The number of aromatic nitrogens is 3. The SMILES string of the molecule is Cc1cc(NC(=O)c2n[nH]c(C3CC3)n2)ccc1O. The quantitative estimate of drug-likeness (QED) is 0.734. The molecule has 0 aliphatic heterocycles. The Bertz CT molecular complexity index is 631. The third-order valence-electron chi connectivity index (χ3n) is 3.12. The maximum atomic E-state index is 11.9. The van der Waals surface area contributed by atoms with E-state index in [0.717, 1.165) is 18.7 Å². The second-order valence-corrected chi connectivity index (χ2v) is 4.77. The van der Waals surface area contributed by atoms with E-state index in [2.05, 4.69) is 20.5 Å². The molecule has 0 saturated heterocycles. The van der Waals surface area contributed by atoms with Crippen molar-refractivity contribution in [3.05, 3.63) is 35.4 Å². The largest absolute Gasteiger partial charge is 0.508 e. The number of benzene rings is 1. The van der Waals surface area contributed by atoms with Gasteiger partial charge in [0.2, 0.25) is 5.82 Å². The minimum atomic E-state index is -0.353. The molecule has 0 spiro atoms. The first-order chi connectivity index (χ1) is 9.13. The van der Waals surface area contributed by atoms with Gasteiger partial charge >= 0.3 is 0 Å². The highest BCUT2D eigenvalue weighted by Crippen LogP contribution is 2.37. The number of aryl methyl sites for hydroxylation is 1. The van der Waals surface area contributed by atoms with E-state index >= 15 is 0 Å². The Labute approximate surface area is 109 Å². The molecule has 1 heterocycles. The van der Waals surface area contributed by atoms with Crippen LogP contribution in [-0.4, -0.2) is 26.2 Å². The summed E-state index contributed by atoms with van der Waals surface area (Å²) in [7, 11) is 0. The molecule has 1 aliphatic rings. The molecular formula is C13H14N4O2. The Morgan fingerprint density at radius 3 is 2.95 bits per heavy atom. The van der Waals surface area contributed by atoms with Crippen LogP contribution in [0.2, 0.25) is 0 Å². The van der Waals surface area contributed by atoms with Gasteiger partial charge in [0.1, 0.15) is 11.6 Å². The molecule has 2 aromatic rings. The number of nitrogens with one attached hydrogen (secondary N) is 2. The number of hydrogen-bond donors (Lipinski definition) is 3. The number of aromatic amines is 1. The van der Waals surface area contributed by atoms with Crippen molar-refractivity contribution in [2.45, 2.75) is 25.7 Å². The number of anilines is 1. The van der Waals surface area contributed by atoms with Crippen LogP contribution in [0.4, 0.5) is 5.69 Å². The van der Waals surface area contributed by atoms with Gasteiger partial charge in [-0.05, 0) is 43.5 Å². The average Bonchev–Trinajstić information content (AvgIpc) is 3.11. The van der Waals surface area contributed by atoms with Gasteiger partial charge < -0.3 is 10.4 Å². The lowest BCUT2D eigenvalue weighted by Crippen LogP contribution is -2.13. The molecule has 3 N–H and O–H groups in total. The number of carbonyl (C=O) groups excluding carboxylic acids is 1. The summed E-state index contributed by atoms with van der Waals surface area (Å²) in [5.41, 5.74) is 1.31. The van der Waals surface area contributed by atoms with Gasteiger partial charge in [-0.3, -0.25) is 9.89 Å². The minimum absolute atomic E-state index is 0.146. The van der Waals surface area contributed by atoms with Crippen molar-refractivity contribution in [2.75, 3.05) is 5.32 Å². The van der Waals surface area contributed by atoms with E-state index in [9.17, 15) is 9.90 Å². The molecule has 1 amide bonds. The van der Waals surface area contributed by atoms with Crippen molar-refractivity contribution in [3.8, 4) is 5.75 Å². The van der Waals surface area contributed by atoms with E-state index in [-0.39, 0.29) is 17.5 Å². The molecule has 6 nitrogen and oxygen atoms in total. The number of rotatable bonds is 3. The van der Waals surface area contributed by atoms with Crippen molar-refractivity contribution in [1.82, 2.24) is 15.2 Å². The fraction of sp³-hybridized carbons (Fsp3) is 0.308. The fourth-order valence-corrected chi connectivity index (χ4v) is 1.84. The molecule has 0 unspecified atom stereocenters. The molecule has 1 aromatic carbocycles. The maximum absolute atomic E-state index is 11.9. The van der Waals surface area contributed by atoms with E-state index in [1.807, 2.05) is 0 Å². The summed E-state index contributed by atoms with van der Waals surface area (Å²) in [6.45, 7) is 1.77. The number of phenols is 1. The Kier molecular flexibility index (Phi) is 2.70. The Morgan fingerprint density at radius 1 is 1.47 bits per heavy atom. The highest BCUT2D eigenvalue weighted by atomic mass is 16.3. The third kappa shape index (κ3) is 2.42. The molecule has 98 valence electrons. The lowest BCUT2D eigenvalue weighted by atomic mass is 10.2. The lowest BCUT2D eigenvalue weighted by molar-refractivity contribution is 0.101. The summed E-state index contributed by atoms with van der Waals surface area (Å²) in [6, 6.07) is 4.87. The van der Waals surface area contributed by atoms with Crippen molar-refractivity contribution in [1.29, 1.82) is 0 Å². The van der Waals surface area contributed by atoms with Crippen molar-refractivity contribution in [2.24, 2.45) is 0 Å². The van der Waals surface area contributed by atoms with Crippen LogP contribution in [0.25, 0.3) is 0 Å². The molecule has 3 rings (SSSR count). The topological polar surface area (TPSA) is 90.9 Å². The molecular weight excluding hydrogens is 244 g/mol. The first-order valence-corrected chi connectivity index (χ1v) is 6.17. The van der Waals surface area contributed by atoms with Crippen LogP contribution in [0.3, 0.4) is 0 Å². The normalized spacial score (nSPS) is 14.4. The molecule has 0 bridgehead atoms. The van der Waals surface area contributed by atoms with Gasteiger partial charge in [-0.25, -0.2) is 4.98 Å². The number of amides is 1. The zero-order chi connectivity index (χ0) is 13.4. The van der Waals surface area contributed by atoms with Crippen LogP contribution < -0.4 is 5.32 Å². The zero-order valence-corrected chi connectivity index (χ0v) is 10.5. The Hall–Kier alpha value is -2.37. The summed E-state index contributed by atoms with van der Waals surface area (Å²) in [4.78, 5) is 16.1. The lowest BCUT2D eigenvalue weighted by Gasteiger charge is -2.04. The molecule has 1 aliphatic carbocycles. The predicted molar refractivity (Wildman–Crippen MR) is 69.2 cm³/mol. The van der Waals surface area contributed by atoms with Crippen molar-refractivity contribution in [3.63, 3.8) is 0 Å². The van der Waals surface area contributed by atoms with Gasteiger partial charge in [-0.2, -0.15) is 0 Å². The summed E-state index contributed by atoms with van der Waals surface area (Å²) in [6.07, 6.45) is 2.21.